The molecule has 0 saturated carbocycles. The third-order valence-electron chi connectivity index (χ3n) is 5.75. The normalized spacial score (nSPS) is 11.1. The van der Waals surface area contributed by atoms with Gasteiger partial charge in [-0.05, 0) is 48.9 Å². The van der Waals surface area contributed by atoms with Gasteiger partial charge in [0, 0.05) is 36.2 Å². The molecule has 1 aromatic rings. The van der Waals surface area contributed by atoms with Gasteiger partial charge < -0.3 is 10.6 Å². The first-order chi connectivity index (χ1) is 14.8. The minimum Gasteiger partial charge on any atom is -0.384 e. The third kappa shape index (κ3) is 12.3. The highest BCUT2D eigenvalue weighted by Gasteiger charge is 2.10. The summed E-state index contributed by atoms with van der Waals surface area (Å²) < 4.78 is 0. The fourth-order valence-electron chi connectivity index (χ4n) is 3.99. The average molecular weight is 458 g/mol. The van der Waals surface area contributed by atoms with E-state index in [9.17, 15) is 0 Å². The lowest BCUT2D eigenvalue weighted by molar-refractivity contribution is 0.606. The summed E-state index contributed by atoms with van der Waals surface area (Å²) in [6, 6.07) is 4.75. The molecule has 1 aromatic carbocycles. The Morgan fingerprint density at radius 3 is 1.30 bits per heavy atom. The quantitative estimate of drug-likeness (QED) is 0.151. The molecule has 4 heteroatoms. The van der Waals surface area contributed by atoms with E-state index in [4.69, 9.17) is 23.2 Å². The highest BCUT2D eigenvalue weighted by Crippen LogP contribution is 2.29. The molecule has 30 heavy (non-hydrogen) atoms. The minimum absolute atomic E-state index is 0.634. The zero-order valence-electron chi connectivity index (χ0n) is 19.6. The molecule has 1 rings (SSSR count). The first-order valence-electron chi connectivity index (χ1n) is 12.5. The molecule has 0 atom stereocenters. The molecule has 0 bridgehead atoms. The Bertz CT molecular complexity index is 486. The van der Waals surface area contributed by atoms with Crippen molar-refractivity contribution in [3.05, 3.63) is 23.3 Å². The molecule has 0 unspecified atom stereocenters. The van der Waals surface area contributed by atoms with Crippen LogP contribution in [0, 0.1) is 0 Å². The molecule has 0 aliphatic heterocycles. The lowest BCUT2D eigenvalue weighted by Gasteiger charge is -2.19. The number of hydrogen-bond acceptors (Lipinski definition) is 2. The highest BCUT2D eigenvalue weighted by molar-refractivity contribution is 6.18. The van der Waals surface area contributed by atoms with Gasteiger partial charge in [-0.1, -0.05) is 78.1 Å². The van der Waals surface area contributed by atoms with Gasteiger partial charge in [-0.25, -0.2) is 0 Å². The fourth-order valence-corrected chi connectivity index (χ4v) is 4.18. The second kappa shape index (κ2) is 19.1. The van der Waals surface area contributed by atoms with Crippen LogP contribution in [0.2, 0.25) is 0 Å². The Labute approximate surface area is 196 Å². The molecule has 0 spiro atoms. The molecule has 0 amide bonds. The van der Waals surface area contributed by atoms with Crippen molar-refractivity contribution < 1.29 is 0 Å². The molecule has 0 heterocycles. The van der Waals surface area contributed by atoms with Crippen molar-refractivity contribution in [3.8, 4) is 0 Å². The molecule has 0 aliphatic carbocycles. The molecule has 2 nitrogen and oxygen atoms in total. The topological polar surface area (TPSA) is 24.1 Å². The highest BCUT2D eigenvalue weighted by atomic mass is 35.5. The summed E-state index contributed by atoms with van der Waals surface area (Å²) >= 11 is 11.9. The van der Waals surface area contributed by atoms with Crippen molar-refractivity contribution in [1.29, 1.82) is 0 Å². The van der Waals surface area contributed by atoms with E-state index >= 15 is 0 Å². The number of alkyl halides is 2. The van der Waals surface area contributed by atoms with Crippen LogP contribution in [0.25, 0.3) is 0 Å². The van der Waals surface area contributed by atoms with Crippen LogP contribution in [0.1, 0.15) is 102 Å². The van der Waals surface area contributed by atoms with Gasteiger partial charge >= 0.3 is 0 Å². The van der Waals surface area contributed by atoms with Gasteiger partial charge in [-0.2, -0.15) is 0 Å². The van der Waals surface area contributed by atoms with Gasteiger partial charge in [0.05, 0.1) is 0 Å². The summed E-state index contributed by atoms with van der Waals surface area (Å²) in [7, 11) is 0. The van der Waals surface area contributed by atoms with E-state index in [2.05, 4.69) is 36.6 Å². The first kappa shape index (κ1) is 27.4. The Hall–Kier alpha value is -0.600. The van der Waals surface area contributed by atoms with Crippen molar-refractivity contribution in [2.45, 2.75) is 104 Å². The maximum atomic E-state index is 5.97. The van der Waals surface area contributed by atoms with E-state index in [1.165, 1.54) is 99.6 Å². The van der Waals surface area contributed by atoms with Crippen LogP contribution >= 0.6 is 23.2 Å². The molecule has 174 valence electrons. The van der Waals surface area contributed by atoms with Crippen molar-refractivity contribution in [2.75, 3.05) is 35.5 Å². The van der Waals surface area contributed by atoms with E-state index in [-0.39, 0.29) is 0 Å². The van der Waals surface area contributed by atoms with Crippen LogP contribution in [0.3, 0.4) is 0 Å². The fraction of sp³-hybridized carbons (Fsp3) is 0.769. The molecular weight excluding hydrogens is 411 g/mol. The summed E-state index contributed by atoms with van der Waals surface area (Å²) in [6.45, 7) is 6.18. The number of rotatable bonds is 20. The van der Waals surface area contributed by atoms with Crippen LogP contribution in [0.4, 0.5) is 11.4 Å². The predicted molar refractivity (Wildman–Crippen MR) is 139 cm³/mol. The zero-order chi connectivity index (χ0) is 21.9. The van der Waals surface area contributed by atoms with E-state index in [1.807, 2.05) is 0 Å². The number of aryl methyl sites for hydroxylation is 2. The molecule has 0 aromatic heterocycles. The number of unbranched alkanes of at least 4 members (excludes halogenated alkanes) is 10. The van der Waals surface area contributed by atoms with E-state index < -0.39 is 0 Å². The Morgan fingerprint density at radius 1 is 0.567 bits per heavy atom. The summed E-state index contributed by atoms with van der Waals surface area (Å²) in [5.74, 6) is 1.27. The smallest absolute Gasteiger partial charge is 0.0396 e. The second-order valence-corrected chi connectivity index (χ2v) is 9.19. The maximum Gasteiger partial charge on any atom is 0.0396 e. The van der Waals surface area contributed by atoms with Gasteiger partial charge in [0.15, 0.2) is 0 Å². The number of halogens is 2. The van der Waals surface area contributed by atoms with Crippen molar-refractivity contribution in [2.24, 2.45) is 0 Å². The Morgan fingerprint density at radius 2 is 0.933 bits per heavy atom. The standard InChI is InChI=1S/C26H46Cl2N2/c1-3-5-7-9-11-13-15-23-21-26(30-20-18-28)24(22-25(23)29-19-17-27)16-14-12-10-8-6-4-2/h21-22,29-30H,3-20H2,1-2H3. The first-order valence-corrected chi connectivity index (χ1v) is 13.6. The van der Waals surface area contributed by atoms with Crippen LogP contribution < -0.4 is 10.6 Å². The number of hydrogen-bond donors (Lipinski definition) is 2. The van der Waals surface area contributed by atoms with Gasteiger partial charge in [0.1, 0.15) is 0 Å². The van der Waals surface area contributed by atoms with Gasteiger partial charge in [0.2, 0.25) is 0 Å². The lowest BCUT2D eigenvalue weighted by Crippen LogP contribution is -2.10. The van der Waals surface area contributed by atoms with Crippen LogP contribution in [0.15, 0.2) is 12.1 Å². The van der Waals surface area contributed by atoms with Crippen molar-refractivity contribution in [1.82, 2.24) is 0 Å². The summed E-state index contributed by atoms with van der Waals surface area (Å²) in [6.07, 6.45) is 18.2. The van der Waals surface area contributed by atoms with E-state index in [0.717, 1.165) is 25.9 Å². The molecule has 0 fully saturated rings. The van der Waals surface area contributed by atoms with Gasteiger partial charge in [-0.15, -0.1) is 23.2 Å². The second-order valence-electron chi connectivity index (χ2n) is 8.43. The predicted octanol–water partition coefficient (Wildman–Crippen LogP) is 8.79. The average Bonchev–Trinajstić information content (AvgIpc) is 2.76. The van der Waals surface area contributed by atoms with Crippen LogP contribution in [-0.2, 0) is 12.8 Å². The number of benzene rings is 1. The van der Waals surface area contributed by atoms with E-state index in [1.54, 1.807) is 0 Å². The molecule has 0 aliphatic rings. The van der Waals surface area contributed by atoms with Gasteiger partial charge in [-0.3, -0.25) is 0 Å². The third-order valence-corrected chi connectivity index (χ3v) is 6.13. The number of nitrogens with one attached hydrogen (secondary N) is 2. The van der Waals surface area contributed by atoms with Crippen LogP contribution in [-0.4, -0.2) is 24.8 Å². The SMILES string of the molecule is CCCCCCCCc1cc(NCCCl)c(CCCCCCCC)cc1NCCCl. The lowest BCUT2D eigenvalue weighted by atomic mass is 9.97. The summed E-state index contributed by atoms with van der Waals surface area (Å²) in [5, 5.41) is 7.16. The Balaban J connectivity index is 2.78. The van der Waals surface area contributed by atoms with Crippen molar-refractivity contribution >= 4 is 34.6 Å². The molecule has 0 radical (unpaired) electrons. The van der Waals surface area contributed by atoms with Crippen molar-refractivity contribution in [3.63, 3.8) is 0 Å². The van der Waals surface area contributed by atoms with E-state index in [0.29, 0.717) is 11.8 Å². The summed E-state index contributed by atoms with van der Waals surface area (Å²) in [4.78, 5) is 0. The Kier molecular flexibility index (Phi) is 17.5. The minimum atomic E-state index is 0.634. The molecular formula is C26H46Cl2N2. The molecule has 0 saturated heterocycles. The van der Waals surface area contributed by atoms with Gasteiger partial charge in [0.25, 0.3) is 0 Å². The zero-order valence-corrected chi connectivity index (χ0v) is 21.2. The largest absolute Gasteiger partial charge is 0.384 e. The summed E-state index contributed by atoms with van der Waals surface area (Å²) in [5.41, 5.74) is 5.39. The molecule has 2 N–H and O–H groups in total. The number of anilines is 2. The maximum absolute atomic E-state index is 5.97. The monoisotopic (exact) mass is 456 g/mol. The van der Waals surface area contributed by atoms with Crippen LogP contribution in [0.5, 0.6) is 0 Å².